The van der Waals surface area contributed by atoms with Gasteiger partial charge in [0, 0.05) is 6.07 Å². The van der Waals surface area contributed by atoms with Gasteiger partial charge in [-0.05, 0) is 31.2 Å². The van der Waals surface area contributed by atoms with Crippen molar-refractivity contribution in [2.24, 2.45) is 0 Å². The number of benzene rings is 1. The normalized spacial score (nSPS) is 9.95. The standard InChI is InChI=1S/C14H15N3O3/c1-9-4-6-12(17-16-9)14(18)15-11-7-5-10(19-2)8-13(11)20-3/h4-8H,1-3H3,(H,15,18). The van der Waals surface area contributed by atoms with Crippen LogP contribution in [0.5, 0.6) is 11.5 Å². The molecule has 6 heteroatoms. The summed E-state index contributed by atoms with van der Waals surface area (Å²) >= 11 is 0. The SMILES string of the molecule is COc1ccc(NC(=O)c2ccc(C)nn2)c(OC)c1. The van der Waals surface area contributed by atoms with Gasteiger partial charge in [-0.25, -0.2) is 0 Å². The lowest BCUT2D eigenvalue weighted by atomic mass is 10.2. The fraction of sp³-hybridized carbons (Fsp3) is 0.214. The van der Waals surface area contributed by atoms with E-state index in [-0.39, 0.29) is 11.6 Å². The Balaban J connectivity index is 2.21. The summed E-state index contributed by atoms with van der Waals surface area (Å²) in [6.45, 7) is 1.81. The number of nitrogens with zero attached hydrogens (tertiary/aromatic N) is 2. The summed E-state index contributed by atoms with van der Waals surface area (Å²) < 4.78 is 10.3. The molecular weight excluding hydrogens is 258 g/mol. The molecule has 0 unspecified atom stereocenters. The lowest BCUT2D eigenvalue weighted by molar-refractivity contribution is 0.102. The zero-order valence-electron chi connectivity index (χ0n) is 11.5. The smallest absolute Gasteiger partial charge is 0.276 e. The van der Waals surface area contributed by atoms with Gasteiger partial charge in [-0.3, -0.25) is 4.79 Å². The number of hydrogen-bond donors (Lipinski definition) is 1. The number of nitrogens with one attached hydrogen (secondary N) is 1. The van der Waals surface area contributed by atoms with Crippen LogP contribution in [-0.2, 0) is 0 Å². The highest BCUT2D eigenvalue weighted by atomic mass is 16.5. The second-order valence-electron chi connectivity index (χ2n) is 4.08. The van der Waals surface area contributed by atoms with Gasteiger partial charge >= 0.3 is 0 Å². The minimum atomic E-state index is -0.346. The first-order chi connectivity index (χ1) is 9.63. The van der Waals surface area contributed by atoms with Gasteiger partial charge in [-0.1, -0.05) is 0 Å². The molecule has 1 heterocycles. The Bertz CT molecular complexity index is 612. The Hall–Kier alpha value is -2.63. The first-order valence-corrected chi connectivity index (χ1v) is 5.97. The number of hydrogen-bond acceptors (Lipinski definition) is 5. The topological polar surface area (TPSA) is 73.3 Å². The molecule has 2 rings (SSSR count). The van der Waals surface area contributed by atoms with Crippen LogP contribution in [0.1, 0.15) is 16.2 Å². The molecule has 0 saturated heterocycles. The van der Waals surface area contributed by atoms with Crippen molar-refractivity contribution in [3.05, 3.63) is 41.7 Å². The molecule has 20 heavy (non-hydrogen) atoms. The number of carbonyl (C=O) groups is 1. The van der Waals surface area contributed by atoms with E-state index < -0.39 is 0 Å². The molecule has 2 aromatic rings. The van der Waals surface area contributed by atoms with Gasteiger partial charge in [0.1, 0.15) is 11.5 Å². The molecule has 0 aliphatic carbocycles. The Kier molecular flexibility index (Phi) is 4.14. The lowest BCUT2D eigenvalue weighted by Crippen LogP contribution is -2.15. The van der Waals surface area contributed by atoms with Crippen LogP contribution in [0.4, 0.5) is 5.69 Å². The Labute approximate surface area is 116 Å². The zero-order valence-corrected chi connectivity index (χ0v) is 11.5. The number of aryl methyl sites for hydroxylation is 1. The maximum Gasteiger partial charge on any atom is 0.276 e. The average molecular weight is 273 g/mol. The van der Waals surface area contributed by atoms with Crippen LogP contribution in [0, 0.1) is 6.92 Å². The number of ether oxygens (including phenoxy) is 2. The van der Waals surface area contributed by atoms with Gasteiger partial charge in [0.15, 0.2) is 5.69 Å². The molecule has 1 amide bonds. The number of aromatic nitrogens is 2. The highest BCUT2D eigenvalue weighted by Gasteiger charge is 2.12. The second kappa shape index (κ2) is 6.01. The molecule has 6 nitrogen and oxygen atoms in total. The molecule has 1 aromatic carbocycles. The Morgan fingerprint density at radius 3 is 2.50 bits per heavy atom. The third-order valence-electron chi connectivity index (χ3n) is 2.69. The zero-order chi connectivity index (χ0) is 14.5. The van der Waals surface area contributed by atoms with Crippen LogP contribution in [-0.4, -0.2) is 30.3 Å². The van der Waals surface area contributed by atoms with Crippen molar-refractivity contribution < 1.29 is 14.3 Å². The maximum absolute atomic E-state index is 12.0. The molecule has 0 radical (unpaired) electrons. The maximum atomic E-state index is 12.0. The third-order valence-corrected chi connectivity index (χ3v) is 2.69. The van der Waals surface area contributed by atoms with Crippen molar-refractivity contribution >= 4 is 11.6 Å². The van der Waals surface area contributed by atoms with Crippen molar-refractivity contribution in [3.8, 4) is 11.5 Å². The molecule has 0 saturated carbocycles. The molecule has 1 aromatic heterocycles. The molecule has 1 N–H and O–H groups in total. The van der Waals surface area contributed by atoms with Gasteiger partial charge in [-0.15, -0.1) is 5.10 Å². The van der Waals surface area contributed by atoms with Crippen LogP contribution >= 0.6 is 0 Å². The fourth-order valence-electron chi connectivity index (χ4n) is 1.61. The van der Waals surface area contributed by atoms with E-state index in [0.29, 0.717) is 17.2 Å². The summed E-state index contributed by atoms with van der Waals surface area (Å²) in [5, 5.41) is 10.4. The summed E-state index contributed by atoms with van der Waals surface area (Å²) in [4.78, 5) is 12.0. The summed E-state index contributed by atoms with van der Waals surface area (Å²) in [5.41, 5.74) is 1.54. The highest BCUT2D eigenvalue weighted by Crippen LogP contribution is 2.29. The third kappa shape index (κ3) is 3.03. The van der Waals surface area contributed by atoms with E-state index >= 15 is 0 Å². The predicted octanol–water partition coefficient (Wildman–Crippen LogP) is 2.05. The van der Waals surface area contributed by atoms with Crippen LogP contribution in [0.25, 0.3) is 0 Å². The van der Waals surface area contributed by atoms with Gasteiger partial charge in [0.2, 0.25) is 0 Å². The molecule has 0 fully saturated rings. The summed E-state index contributed by atoms with van der Waals surface area (Å²) in [6, 6.07) is 8.48. The number of methoxy groups -OCH3 is 2. The molecule has 0 spiro atoms. The van der Waals surface area contributed by atoms with E-state index in [9.17, 15) is 4.79 Å². The van der Waals surface area contributed by atoms with E-state index in [1.165, 1.54) is 7.11 Å². The molecule has 0 aliphatic rings. The number of amides is 1. The fourth-order valence-corrected chi connectivity index (χ4v) is 1.61. The molecule has 104 valence electrons. The number of anilines is 1. The summed E-state index contributed by atoms with van der Waals surface area (Å²) in [6.07, 6.45) is 0. The first-order valence-electron chi connectivity index (χ1n) is 5.97. The van der Waals surface area contributed by atoms with E-state index in [4.69, 9.17) is 9.47 Å². The summed E-state index contributed by atoms with van der Waals surface area (Å²) in [5.74, 6) is 0.814. The lowest BCUT2D eigenvalue weighted by Gasteiger charge is -2.11. The summed E-state index contributed by atoms with van der Waals surface area (Å²) in [7, 11) is 3.09. The van der Waals surface area contributed by atoms with E-state index in [1.54, 1.807) is 44.4 Å². The van der Waals surface area contributed by atoms with E-state index in [1.807, 2.05) is 0 Å². The second-order valence-corrected chi connectivity index (χ2v) is 4.08. The Morgan fingerprint density at radius 2 is 1.90 bits per heavy atom. The van der Waals surface area contributed by atoms with Gasteiger partial charge in [0.05, 0.1) is 25.6 Å². The minimum absolute atomic E-state index is 0.244. The van der Waals surface area contributed by atoms with Gasteiger partial charge < -0.3 is 14.8 Å². The van der Waals surface area contributed by atoms with Crippen molar-refractivity contribution in [3.63, 3.8) is 0 Å². The van der Waals surface area contributed by atoms with Gasteiger partial charge in [0.25, 0.3) is 5.91 Å². The number of carbonyl (C=O) groups excluding carboxylic acids is 1. The van der Waals surface area contributed by atoms with Crippen LogP contribution in [0.2, 0.25) is 0 Å². The van der Waals surface area contributed by atoms with Crippen molar-refractivity contribution in [2.75, 3.05) is 19.5 Å². The largest absolute Gasteiger partial charge is 0.497 e. The van der Waals surface area contributed by atoms with Crippen molar-refractivity contribution in [2.45, 2.75) is 6.92 Å². The molecule has 0 atom stereocenters. The Morgan fingerprint density at radius 1 is 1.10 bits per heavy atom. The average Bonchev–Trinajstić information content (AvgIpc) is 2.48. The van der Waals surface area contributed by atoms with E-state index in [0.717, 1.165) is 5.69 Å². The van der Waals surface area contributed by atoms with E-state index in [2.05, 4.69) is 15.5 Å². The van der Waals surface area contributed by atoms with Crippen LogP contribution in [0.15, 0.2) is 30.3 Å². The van der Waals surface area contributed by atoms with Crippen LogP contribution in [0.3, 0.4) is 0 Å². The highest BCUT2D eigenvalue weighted by molar-refractivity contribution is 6.03. The molecule has 0 bridgehead atoms. The quantitative estimate of drug-likeness (QED) is 0.923. The minimum Gasteiger partial charge on any atom is -0.497 e. The van der Waals surface area contributed by atoms with Crippen molar-refractivity contribution in [1.82, 2.24) is 10.2 Å². The molecular formula is C14H15N3O3. The van der Waals surface area contributed by atoms with Gasteiger partial charge in [-0.2, -0.15) is 5.10 Å². The first kappa shape index (κ1) is 13.8. The van der Waals surface area contributed by atoms with Crippen LogP contribution < -0.4 is 14.8 Å². The predicted molar refractivity (Wildman–Crippen MR) is 74.3 cm³/mol. The van der Waals surface area contributed by atoms with Crippen molar-refractivity contribution in [1.29, 1.82) is 0 Å². The molecule has 0 aliphatic heterocycles. The monoisotopic (exact) mass is 273 g/mol. The number of rotatable bonds is 4.